The minimum atomic E-state index is -0.738. The summed E-state index contributed by atoms with van der Waals surface area (Å²) in [5.41, 5.74) is -0.468. The summed E-state index contributed by atoms with van der Waals surface area (Å²) in [6.45, 7) is 13.8. The molecular weight excluding hydrogens is 361 g/mol. The molecule has 28 heavy (non-hydrogen) atoms. The monoisotopic (exact) mass is 395 g/mol. The fraction of sp³-hybridized carbons (Fsp3) is 0.800. The van der Waals surface area contributed by atoms with E-state index in [0.29, 0.717) is 19.3 Å². The standard InChI is InChI=1S/C20H34BNO6/c1-18(2,3)26-17(24)22-13-11-14(15(22)16(23)25-8)10-9-12-21-27-19(4,5)20(6,7)28-21/h11,15H,9-10,12-13H2,1-8H3/t15-/m0/s1. The highest BCUT2D eigenvalue weighted by Gasteiger charge is 2.50. The molecule has 1 fully saturated rings. The molecule has 0 radical (unpaired) electrons. The highest BCUT2D eigenvalue weighted by Crippen LogP contribution is 2.38. The molecule has 158 valence electrons. The lowest BCUT2D eigenvalue weighted by Crippen LogP contribution is -2.45. The first-order chi connectivity index (χ1) is 12.8. The van der Waals surface area contributed by atoms with Gasteiger partial charge in [-0.1, -0.05) is 12.5 Å². The van der Waals surface area contributed by atoms with Crippen molar-refractivity contribution in [2.45, 2.75) is 90.5 Å². The van der Waals surface area contributed by atoms with Crippen LogP contribution in [0.3, 0.4) is 0 Å². The number of carbonyl (C=O) groups excluding carboxylic acids is 2. The number of amides is 1. The van der Waals surface area contributed by atoms with E-state index in [1.165, 1.54) is 12.0 Å². The Balaban J connectivity index is 1.96. The molecule has 0 saturated carbocycles. The number of nitrogens with zero attached hydrogens (tertiary/aromatic N) is 1. The molecule has 0 unspecified atom stereocenters. The predicted molar refractivity (Wildman–Crippen MR) is 107 cm³/mol. The lowest BCUT2D eigenvalue weighted by atomic mass is 9.81. The van der Waals surface area contributed by atoms with Crippen LogP contribution in [0, 0.1) is 0 Å². The van der Waals surface area contributed by atoms with Gasteiger partial charge in [-0.2, -0.15) is 0 Å². The quantitative estimate of drug-likeness (QED) is 0.403. The summed E-state index contributed by atoms with van der Waals surface area (Å²) in [4.78, 5) is 26.2. The van der Waals surface area contributed by atoms with Gasteiger partial charge in [0.25, 0.3) is 0 Å². The van der Waals surface area contributed by atoms with E-state index in [1.54, 1.807) is 20.8 Å². The second kappa shape index (κ2) is 8.07. The highest BCUT2D eigenvalue weighted by atomic mass is 16.7. The largest absolute Gasteiger partial charge is 0.467 e. The van der Waals surface area contributed by atoms with Crippen molar-refractivity contribution in [2.75, 3.05) is 13.7 Å². The Morgan fingerprint density at radius 2 is 1.79 bits per heavy atom. The van der Waals surface area contributed by atoms with Crippen molar-refractivity contribution in [3.63, 3.8) is 0 Å². The van der Waals surface area contributed by atoms with Gasteiger partial charge in [-0.25, -0.2) is 9.59 Å². The van der Waals surface area contributed by atoms with E-state index in [4.69, 9.17) is 18.8 Å². The fourth-order valence-electron chi connectivity index (χ4n) is 3.32. The van der Waals surface area contributed by atoms with E-state index in [0.717, 1.165) is 12.0 Å². The summed E-state index contributed by atoms with van der Waals surface area (Å²) in [5, 5.41) is 0. The number of ether oxygens (including phenoxy) is 2. The number of hydrogen-bond donors (Lipinski definition) is 0. The van der Waals surface area contributed by atoms with Crippen LogP contribution >= 0.6 is 0 Å². The average molecular weight is 395 g/mol. The topological polar surface area (TPSA) is 74.3 Å². The van der Waals surface area contributed by atoms with Crippen LogP contribution in [-0.2, 0) is 23.6 Å². The smallest absolute Gasteiger partial charge is 0.457 e. The second-order valence-corrected chi connectivity index (χ2v) is 9.42. The molecule has 2 aliphatic rings. The molecule has 1 atom stereocenters. The zero-order chi connectivity index (χ0) is 21.3. The third-order valence-electron chi connectivity index (χ3n) is 5.47. The minimum absolute atomic E-state index is 0.273. The van der Waals surface area contributed by atoms with E-state index in [2.05, 4.69) is 0 Å². The first-order valence-electron chi connectivity index (χ1n) is 9.89. The van der Waals surface area contributed by atoms with Crippen LogP contribution in [0.5, 0.6) is 0 Å². The summed E-state index contributed by atoms with van der Waals surface area (Å²) in [6.07, 6.45) is 3.54. The van der Waals surface area contributed by atoms with Gasteiger partial charge in [0.05, 0.1) is 18.3 Å². The maximum Gasteiger partial charge on any atom is 0.457 e. The second-order valence-electron chi connectivity index (χ2n) is 9.42. The Hall–Kier alpha value is -1.54. The number of esters is 1. The number of hydrogen-bond acceptors (Lipinski definition) is 6. The van der Waals surface area contributed by atoms with Gasteiger partial charge in [-0.3, -0.25) is 4.90 Å². The summed E-state index contributed by atoms with van der Waals surface area (Å²) in [5.74, 6) is -0.453. The lowest BCUT2D eigenvalue weighted by Gasteiger charge is -2.32. The van der Waals surface area contributed by atoms with Crippen molar-refractivity contribution < 1.29 is 28.4 Å². The Bertz CT molecular complexity index is 621. The van der Waals surface area contributed by atoms with Crippen LogP contribution < -0.4 is 0 Å². The average Bonchev–Trinajstić information content (AvgIpc) is 3.03. The lowest BCUT2D eigenvalue weighted by molar-refractivity contribution is -0.144. The first kappa shape index (κ1) is 22.8. The van der Waals surface area contributed by atoms with Crippen LogP contribution in [0.25, 0.3) is 0 Å². The molecular formula is C20H34BNO6. The van der Waals surface area contributed by atoms with Gasteiger partial charge in [-0.05, 0) is 66.8 Å². The zero-order valence-electron chi connectivity index (χ0n) is 18.5. The van der Waals surface area contributed by atoms with Crippen molar-refractivity contribution in [3.8, 4) is 0 Å². The molecule has 0 bridgehead atoms. The Labute approximate surface area is 168 Å². The minimum Gasteiger partial charge on any atom is -0.467 e. The molecule has 0 spiro atoms. The van der Waals surface area contributed by atoms with Crippen LogP contribution in [0.2, 0.25) is 6.32 Å². The number of methoxy groups -OCH3 is 1. The molecule has 0 aliphatic carbocycles. The van der Waals surface area contributed by atoms with Crippen molar-refractivity contribution in [3.05, 3.63) is 11.6 Å². The van der Waals surface area contributed by atoms with Gasteiger partial charge in [0.15, 0.2) is 6.04 Å². The van der Waals surface area contributed by atoms with E-state index < -0.39 is 23.7 Å². The van der Waals surface area contributed by atoms with Gasteiger partial charge < -0.3 is 18.8 Å². The van der Waals surface area contributed by atoms with E-state index in [-0.39, 0.29) is 18.3 Å². The molecule has 2 rings (SSSR count). The first-order valence-corrected chi connectivity index (χ1v) is 9.89. The SMILES string of the molecule is COC(=O)[C@@H]1C(CCCB2OC(C)(C)C(C)(C)O2)=CCN1C(=O)OC(C)(C)C. The summed E-state index contributed by atoms with van der Waals surface area (Å²) in [7, 11) is 1.06. The molecule has 0 N–H and O–H groups in total. The maximum absolute atomic E-state index is 12.5. The van der Waals surface area contributed by atoms with Gasteiger partial charge in [0, 0.05) is 6.54 Å². The van der Waals surface area contributed by atoms with Crippen LogP contribution in [0.15, 0.2) is 11.6 Å². The summed E-state index contributed by atoms with van der Waals surface area (Å²) in [6, 6.07) is -0.738. The number of rotatable bonds is 5. The van der Waals surface area contributed by atoms with E-state index in [9.17, 15) is 9.59 Å². The van der Waals surface area contributed by atoms with Gasteiger partial charge in [0.1, 0.15) is 5.60 Å². The van der Waals surface area contributed by atoms with Gasteiger partial charge in [0.2, 0.25) is 0 Å². The third-order valence-corrected chi connectivity index (χ3v) is 5.47. The number of carbonyl (C=O) groups is 2. The normalized spacial score (nSPS) is 23.6. The molecule has 7 nitrogen and oxygen atoms in total. The van der Waals surface area contributed by atoms with E-state index >= 15 is 0 Å². The molecule has 1 saturated heterocycles. The third kappa shape index (κ3) is 5.09. The van der Waals surface area contributed by atoms with Crippen molar-refractivity contribution in [2.24, 2.45) is 0 Å². The van der Waals surface area contributed by atoms with Crippen molar-refractivity contribution >= 4 is 19.2 Å². The maximum atomic E-state index is 12.5. The molecule has 0 aromatic rings. The molecule has 8 heteroatoms. The van der Waals surface area contributed by atoms with Gasteiger partial charge in [-0.15, -0.1) is 0 Å². The van der Waals surface area contributed by atoms with Crippen molar-refractivity contribution in [1.29, 1.82) is 0 Å². The predicted octanol–water partition coefficient (Wildman–Crippen LogP) is 3.58. The Kier molecular flexibility index (Phi) is 6.56. The molecule has 2 heterocycles. The zero-order valence-corrected chi connectivity index (χ0v) is 18.5. The van der Waals surface area contributed by atoms with Crippen LogP contribution in [0.1, 0.15) is 61.3 Å². The Morgan fingerprint density at radius 3 is 2.29 bits per heavy atom. The van der Waals surface area contributed by atoms with Crippen LogP contribution in [0.4, 0.5) is 4.79 Å². The highest BCUT2D eigenvalue weighted by molar-refractivity contribution is 6.45. The Morgan fingerprint density at radius 1 is 1.21 bits per heavy atom. The molecule has 1 amide bonds. The molecule has 0 aromatic heterocycles. The van der Waals surface area contributed by atoms with Crippen LogP contribution in [-0.4, -0.2) is 60.6 Å². The van der Waals surface area contributed by atoms with Gasteiger partial charge >= 0.3 is 19.2 Å². The fourth-order valence-corrected chi connectivity index (χ4v) is 3.32. The molecule has 2 aliphatic heterocycles. The molecule has 0 aromatic carbocycles. The van der Waals surface area contributed by atoms with E-state index in [1.807, 2.05) is 33.8 Å². The summed E-state index contributed by atoms with van der Waals surface area (Å²) >= 11 is 0. The van der Waals surface area contributed by atoms with Crippen molar-refractivity contribution in [1.82, 2.24) is 4.90 Å². The summed E-state index contributed by atoms with van der Waals surface area (Å²) < 4.78 is 22.4.